The van der Waals surface area contributed by atoms with Crippen LogP contribution in [0.15, 0.2) is 30.2 Å². The van der Waals surface area contributed by atoms with E-state index < -0.39 is 0 Å². The standard InChI is InChI=1S/C11H15N3S/c1-9(2)13-6-11-5-10(7-15-11)14-4-3-12-8-14/h3-5,7-9,13H,6H2,1-2H3. The molecular formula is C11H15N3S. The van der Waals surface area contributed by atoms with Gasteiger partial charge in [0, 0.05) is 35.2 Å². The fourth-order valence-electron chi connectivity index (χ4n) is 1.31. The van der Waals surface area contributed by atoms with Gasteiger partial charge in [-0.2, -0.15) is 0 Å². The van der Waals surface area contributed by atoms with Gasteiger partial charge in [0.15, 0.2) is 0 Å². The van der Waals surface area contributed by atoms with Gasteiger partial charge in [-0.25, -0.2) is 4.98 Å². The Morgan fingerprint density at radius 3 is 3.07 bits per heavy atom. The summed E-state index contributed by atoms with van der Waals surface area (Å²) in [5, 5.41) is 5.56. The molecular weight excluding hydrogens is 206 g/mol. The van der Waals surface area contributed by atoms with Crippen LogP contribution in [0, 0.1) is 0 Å². The molecule has 80 valence electrons. The van der Waals surface area contributed by atoms with Gasteiger partial charge in [-0.05, 0) is 6.07 Å². The molecule has 1 N–H and O–H groups in total. The fourth-order valence-corrected chi connectivity index (χ4v) is 2.13. The second-order valence-electron chi connectivity index (χ2n) is 3.78. The molecule has 0 amide bonds. The number of imidazole rings is 1. The van der Waals surface area contributed by atoms with Crippen LogP contribution in [0.3, 0.4) is 0 Å². The molecule has 0 spiro atoms. The van der Waals surface area contributed by atoms with Crippen molar-refractivity contribution in [3.05, 3.63) is 35.0 Å². The first-order valence-electron chi connectivity index (χ1n) is 5.05. The van der Waals surface area contributed by atoms with E-state index in [-0.39, 0.29) is 0 Å². The van der Waals surface area contributed by atoms with Crippen molar-refractivity contribution < 1.29 is 0 Å². The minimum atomic E-state index is 0.531. The van der Waals surface area contributed by atoms with Crippen LogP contribution in [0.5, 0.6) is 0 Å². The summed E-state index contributed by atoms with van der Waals surface area (Å²) in [6.45, 7) is 5.26. The van der Waals surface area contributed by atoms with Crippen LogP contribution in [-0.4, -0.2) is 15.6 Å². The maximum atomic E-state index is 4.03. The molecule has 0 aliphatic carbocycles. The van der Waals surface area contributed by atoms with Crippen molar-refractivity contribution in [2.75, 3.05) is 0 Å². The van der Waals surface area contributed by atoms with Gasteiger partial charge in [0.1, 0.15) is 0 Å². The van der Waals surface area contributed by atoms with Crippen LogP contribution in [0.1, 0.15) is 18.7 Å². The van der Waals surface area contributed by atoms with Crippen LogP contribution in [0.2, 0.25) is 0 Å². The summed E-state index contributed by atoms with van der Waals surface area (Å²) >= 11 is 1.78. The highest BCUT2D eigenvalue weighted by Crippen LogP contribution is 2.18. The summed E-state index contributed by atoms with van der Waals surface area (Å²) in [5.74, 6) is 0. The van der Waals surface area contributed by atoms with E-state index in [4.69, 9.17) is 0 Å². The van der Waals surface area contributed by atoms with Crippen molar-refractivity contribution in [2.45, 2.75) is 26.4 Å². The minimum Gasteiger partial charge on any atom is -0.310 e. The molecule has 0 bridgehead atoms. The Hall–Kier alpha value is -1.13. The van der Waals surface area contributed by atoms with E-state index in [1.165, 1.54) is 10.6 Å². The van der Waals surface area contributed by atoms with Gasteiger partial charge in [-0.1, -0.05) is 13.8 Å². The molecule has 0 saturated carbocycles. The van der Waals surface area contributed by atoms with Crippen LogP contribution in [0.4, 0.5) is 0 Å². The van der Waals surface area contributed by atoms with E-state index in [0.717, 1.165) is 6.54 Å². The lowest BCUT2D eigenvalue weighted by atomic mass is 10.3. The number of hydrogen-bond donors (Lipinski definition) is 1. The lowest BCUT2D eigenvalue weighted by molar-refractivity contribution is 0.593. The topological polar surface area (TPSA) is 29.9 Å². The number of aromatic nitrogens is 2. The highest BCUT2D eigenvalue weighted by atomic mass is 32.1. The molecule has 0 aromatic carbocycles. The Bertz CT molecular complexity index is 403. The first kappa shape index (κ1) is 10.4. The number of hydrogen-bond acceptors (Lipinski definition) is 3. The number of rotatable bonds is 4. The Morgan fingerprint density at radius 2 is 2.40 bits per heavy atom. The third-order valence-corrected chi connectivity index (χ3v) is 3.05. The molecule has 0 unspecified atom stereocenters. The van der Waals surface area contributed by atoms with E-state index >= 15 is 0 Å². The average Bonchev–Trinajstić information content (AvgIpc) is 2.85. The molecule has 3 nitrogen and oxygen atoms in total. The smallest absolute Gasteiger partial charge is 0.0991 e. The highest BCUT2D eigenvalue weighted by Gasteiger charge is 2.01. The van der Waals surface area contributed by atoms with Crippen molar-refractivity contribution in [1.82, 2.24) is 14.9 Å². The average molecular weight is 221 g/mol. The van der Waals surface area contributed by atoms with Gasteiger partial charge in [0.05, 0.1) is 12.0 Å². The molecule has 0 saturated heterocycles. The number of nitrogens with one attached hydrogen (secondary N) is 1. The van der Waals surface area contributed by atoms with Gasteiger partial charge in [-0.3, -0.25) is 0 Å². The molecule has 2 rings (SSSR count). The molecule has 0 aliphatic heterocycles. The van der Waals surface area contributed by atoms with E-state index in [2.05, 4.69) is 35.6 Å². The van der Waals surface area contributed by atoms with Gasteiger partial charge in [0.2, 0.25) is 0 Å². The fraction of sp³-hybridized carbons (Fsp3) is 0.364. The summed E-state index contributed by atoms with van der Waals surface area (Å²) < 4.78 is 2.02. The third kappa shape index (κ3) is 2.67. The molecule has 2 heterocycles. The quantitative estimate of drug-likeness (QED) is 0.859. The van der Waals surface area contributed by atoms with Gasteiger partial charge in [-0.15, -0.1) is 11.3 Å². The summed E-state index contributed by atoms with van der Waals surface area (Å²) in [4.78, 5) is 5.39. The summed E-state index contributed by atoms with van der Waals surface area (Å²) in [6, 6.07) is 2.73. The normalized spacial score (nSPS) is 11.1. The third-order valence-electron chi connectivity index (χ3n) is 2.13. The molecule has 0 radical (unpaired) electrons. The summed E-state index contributed by atoms with van der Waals surface area (Å²) in [5.41, 5.74) is 1.19. The Labute approximate surface area is 93.8 Å². The molecule has 15 heavy (non-hydrogen) atoms. The van der Waals surface area contributed by atoms with E-state index in [1.54, 1.807) is 17.5 Å². The second kappa shape index (κ2) is 4.59. The molecule has 0 aliphatic rings. The van der Waals surface area contributed by atoms with Crippen LogP contribution in [0.25, 0.3) is 5.69 Å². The zero-order valence-corrected chi connectivity index (χ0v) is 9.79. The predicted octanol–water partition coefficient (Wildman–Crippen LogP) is 2.43. The lowest BCUT2D eigenvalue weighted by Crippen LogP contribution is -2.21. The Balaban J connectivity index is 2.04. The van der Waals surface area contributed by atoms with Gasteiger partial charge < -0.3 is 9.88 Å². The SMILES string of the molecule is CC(C)NCc1cc(-n2ccnc2)cs1. The summed E-state index contributed by atoms with van der Waals surface area (Å²) in [7, 11) is 0. The van der Waals surface area contributed by atoms with Crippen molar-refractivity contribution in [3.63, 3.8) is 0 Å². The molecule has 0 atom stereocenters. The number of thiophene rings is 1. The monoisotopic (exact) mass is 221 g/mol. The second-order valence-corrected chi connectivity index (χ2v) is 4.77. The van der Waals surface area contributed by atoms with E-state index in [0.29, 0.717) is 6.04 Å². The Morgan fingerprint density at radius 1 is 1.53 bits per heavy atom. The largest absolute Gasteiger partial charge is 0.310 e. The van der Waals surface area contributed by atoms with Crippen LogP contribution >= 0.6 is 11.3 Å². The highest BCUT2D eigenvalue weighted by molar-refractivity contribution is 7.10. The van der Waals surface area contributed by atoms with Crippen molar-refractivity contribution >= 4 is 11.3 Å². The maximum absolute atomic E-state index is 4.03. The van der Waals surface area contributed by atoms with Gasteiger partial charge in [0.25, 0.3) is 0 Å². The van der Waals surface area contributed by atoms with Crippen LogP contribution in [-0.2, 0) is 6.54 Å². The first-order chi connectivity index (χ1) is 7.25. The Kier molecular flexibility index (Phi) is 3.18. The maximum Gasteiger partial charge on any atom is 0.0991 e. The number of nitrogens with zero attached hydrogens (tertiary/aromatic N) is 2. The van der Waals surface area contributed by atoms with Crippen molar-refractivity contribution in [2.24, 2.45) is 0 Å². The van der Waals surface area contributed by atoms with E-state index in [9.17, 15) is 0 Å². The van der Waals surface area contributed by atoms with Crippen LogP contribution < -0.4 is 5.32 Å². The van der Waals surface area contributed by atoms with Gasteiger partial charge >= 0.3 is 0 Å². The zero-order chi connectivity index (χ0) is 10.7. The molecule has 0 fully saturated rings. The summed E-state index contributed by atoms with van der Waals surface area (Å²) in [6.07, 6.45) is 5.58. The first-order valence-corrected chi connectivity index (χ1v) is 5.93. The predicted molar refractivity (Wildman–Crippen MR) is 63.4 cm³/mol. The molecule has 4 heteroatoms. The zero-order valence-electron chi connectivity index (χ0n) is 8.97. The van der Waals surface area contributed by atoms with E-state index in [1.807, 2.05) is 17.1 Å². The van der Waals surface area contributed by atoms with Crippen molar-refractivity contribution in [1.29, 1.82) is 0 Å². The minimum absolute atomic E-state index is 0.531. The molecule has 2 aromatic heterocycles. The lowest BCUT2D eigenvalue weighted by Gasteiger charge is -2.05. The molecule has 2 aromatic rings. The van der Waals surface area contributed by atoms with Crippen molar-refractivity contribution in [3.8, 4) is 5.69 Å².